The number of hydrogen-bond acceptors (Lipinski definition) is 5. The highest BCUT2D eigenvalue weighted by Gasteiger charge is 2.23. The quantitative estimate of drug-likeness (QED) is 0.742. The summed E-state index contributed by atoms with van der Waals surface area (Å²) in [5.41, 5.74) is 1.06. The summed E-state index contributed by atoms with van der Waals surface area (Å²) in [5.74, 6) is 0. The molecule has 0 aliphatic heterocycles. The topological polar surface area (TPSA) is 81.6 Å². The molecular formula is C14H15ClN6O. The number of rotatable bonds is 6. The smallest absolute Gasteiger partial charge is 0.137 e. The summed E-state index contributed by atoms with van der Waals surface area (Å²) in [4.78, 5) is 7.85. The zero-order valence-electron chi connectivity index (χ0n) is 11.7. The summed E-state index contributed by atoms with van der Waals surface area (Å²) in [6, 6.07) is 7.29. The lowest BCUT2D eigenvalue weighted by Crippen LogP contribution is -2.30. The van der Waals surface area contributed by atoms with Gasteiger partial charge in [0.15, 0.2) is 0 Å². The second-order valence-electron chi connectivity index (χ2n) is 4.96. The van der Waals surface area contributed by atoms with Gasteiger partial charge in [-0.3, -0.25) is 4.68 Å². The van der Waals surface area contributed by atoms with Gasteiger partial charge in [-0.1, -0.05) is 23.7 Å². The summed E-state index contributed by atoms with van der Waals surface area (Å²) in [7, 11) is 0. The third-order valence-electron chi connectivity index (χ3n) is 3.42. The zero-order chi connectivity index (χ0) is 15.4. The molecule has 1 N–H and O–H groups in total. The van der Waals surface area contributed by atoms with Crippen LogP contribution in [0.1, 0.15) is 11.6 Å². The molecule has 0 aliphatic carbocycles. The normalized spacial score (nSPS) is 13.9. The lowest BCUT2D eigenvalue weighted by Gasteiger charge is -2.23. The number of aliphatic hydroxyl groups excluding tert-OH is 1. The Morgan fingerprint density at radius 2 is 1.77 bits per heavy atom. The van der Waals surface area contributed by atoms with E-state index in [1.165, 1.54) is 12.7 Å². The van der Waals surface area contributed by atoms with Crippen molar-refractivity contribution in [2.75, 3.05) is 0 Å². The van der Waals surface area contributed by atoms with Gasteiger partial charge in [0.2, 0.25) is 0 Å². The molecule has 0 saturated heterocycles. The molecule has 114 valence electrons. The molecule has 2 unspecified atom stereocenters. The Kier molecular flexibility index (Phi) is 4.45. The van der Waals surface area contributed by atoms with Crippen LogP contribution in [0.4, 0.5) is 0 Å². The standard InChI is InChI=1S/C14H15ClN6O/c15-12-3-1-11(2-4-12)5-13(21-10-17-8-19-21)14(22)6-20-9-16-7-18-20/h1-4,7-10,13-14,22H,5-6H2. The maximum Gasteiger partial charge on any atom is 0.137 e. The summed E-state index contributed by atoms with van der Waals surface area (Å²) >= 11 is 5.91. The average molecular weight is 319 g/mol. The summed E-state index contributed by atoms with van der Waals surface area (Å²) in [6.45, 7) is 0.331. The first-order valence-electron chi connectivity index (χ1n) is 6.81. The highest BCUT2D eigenvalue weighted by atomic mass is 35.5. The largest absolute Gasteiger partial charge is 0.389 e. The predicted octanol–water partition coefficient (Wildman–Crippen LogP) is 1.37. The lowest BCUT2D eigenvalue weighted by molar-refractivity contribution is 0.0848. The Morgan fingerprint density at radius 1 is 1.05 bits per heavy atom. The number of benzene rings is 1. The molecule has 0 saturated carbocycles. The molecule has 7 nitrogen and oxygen atoms in total. The van der Waals surface area contributed by atoms with Gasteiger partial charge in [-0.2, -0.15) is 10.2 Å². The molecule has 0 spiro atoms. The van der Waals surface area contributed by atoms with Gasteiger partial charge >= 0.3 is 0 Å². The summed E-state index contributed by atoms with van der Waals surface area (Å²) in [6.07, 6.45) is 6.00. The van der Waals surface area contributed by atoms with Crippen LogP contribution in [0.3, 0.4) is 0 Å². The van der Waals surface area contributed by atoms with Crippen molar-refractivity contribution in [2.45, 2.75) is 25.1 Å². The van der Waals surface area contributed by atoms with Crippen LogP contribution in [0.5, 0.6) is 0 Å². The maximum absolute atomic E-state index is 10.6. The molecule has 0 aliphatic rings. The fourth-order valence-corrected chi connectivity index (χ4v) is 2.42. The fraction of sp³-hybridized carbons (Fsp3) is 0.286. The van der Waals surface area contributed by atoms with E-state index in [0.717, 1.165) is 5.56 Å². The van der Waals surface area contributed by atoms with Crippen molar-refractivity contribution < 1.29 is 5.11 Å². The van der Waals surface area contributed by atoms with E-state index in [1.807, 2.05) is 24.3 Å². The minimum atomic E-state index is -0.681. The van der Waals surface area contributed by atoms with Crippen LogP contribution in [-0.2, 0) is 13.0 Å². The molecule has 3 aromatic rings. The highest BCUT2D eigenvalue weighted by Crippen LogP contribution is 2.20. The second kappa shape index (κ2) is 6.67. The zero-order valence-corrected chi connectivity index (χ0v) is 12.5. The van der Waals surface area contributed by atoms with Crippen LogP contribution >= 0.6 is 11.6 Å². The Labute approximate surface area is 132 Å². The van der Waals surface area contributed by atoms with Crippen LogP contribution < -0.4 is 0 Å². The van der Waals surface area contributed by atoms with Crippen LogP contribution in [0.2, 0.25) is 5.02 Å². The maximum atomic E-state index is 10.6. The van der Waals surface area contributed by atoms with E-state index >= 15 is 0 Å². The number of halogens is 1. The fourth-order valence-electron chi connectivity index (χ4n) is 2.30. The second-order valence-corrected chi connectivity index (χ2v) is 5.39. The van der Waals surface area contributed by atoms with Crippen molar-refractivity contribution in [1.82, 2.24) is 29.5 Å². The van der Waals surface area contributed by atoms with Crippen molar-refractivity contribution in [3.63, 3.8) is 0 Å². The number of nitrogens with zero attached hydrogens (tertiary/aromatic N) is 6. The van der Waals surface area contributed by atoms with Gasteiger partial charge in [0.25, 0.3) is 0 Å². The van der Waals surface area contributed by atoms with Gasteiger partial charge in [-0.05, 0) is 24.1 Å². The molecule has 22 heavy (non-hydrogen) atoms. The monoisotopic (exact) mass is 318 g/mol. The van der Waals surface area contributed by atoms with Crippen molar-refractivity contribution in [1.29, 1.82) is 0 Å². The molecule has 2 atom stereocenters. The first kappa shape index (κ1) is 14.7. The Bertz CT molecular complexity index is 683. The molecule has 8 heteroatoms. The first-order valence-corrected chi connectivity index (χ1v) is 7.19. The van der Waals surface area contributed by atoms with E-state index in [0.29, 0.717) is 18.0 Å². The molecular weight excluding hydrogens is 304 g/mol. The van der Waals surface area contributed by atoms with E-state index in [4.69, 9.17) is 11.6 Å². The van der Waals surface area contributed by atoms with Crippen molar-refractivity contribution in [3.8, 4) is 0 Å². The Hall–Kier alpha value is -2.25. The molecule has 0 fully saturated rings. The van der Waals surface area contributed by atoms with Gasteiger partial charge in [-0.15, -0.1) is 0 Å². The van der Waals surface area contributed by atoms with Gasteiger partial charge in [0.05, 0.1) is 18.7 Å². The minimum Gasteiger partial charge on any atom is -0.389 e. The van der Waals surface area contributed by atoms with Crippen molar-refractivity contribution in [2.24, 2.45) is 0 Å². The third kappa shape index (κ3) is 3.49. The van der Waals surface area contributed by atoms with Gasteiger partial charge in [0.1, 0.15) is 25.3 Å². The summed E-state index contributed by atoms with van der Waals surface area (Å²) < 4.78 is 3.26. The van der Waals surface area contributed by atoms with Gasteiger partial charge in [0, 0.05) is 5.02 Å². The molecule has 0 amide bonds. The van der Waals surface area contributed by atoms with Crippen LogP contribution in [0.15, 0.2) is 49.6 Å². The van der Waals surface area contributed by atoms with Crippen molar-refractivity contribution >= 4 is 11.6 Å². The SMILES string of the molecule is OC(Cn1cncn1)C(Cc1ccc(Cl)cc1)n1cncn1. The number of aromatic nitrogens is 6. The predicted molar refractivity (Wildman–Crippen MR) is 80.2 cm³/mol. The van der Waals surface area contributed by atoms with Gasteiger partial charge in [-0.25, -0.2) is 14.6 Å². The summed E-state index contributed by atoms with van der Waals surface area (Å²) in [5, 5.41) is 19.4. The number of aliphatic hydroxyl groups is 1. The van der Waals surface area contributed by atoms with Crippen LogP contribution in [0.25, 0.3) is 0 Å². The molecule has 0 radical (unpaired) electrons. The lowest BCUT2D eigenvalue weighted by atomic mass is 10.0. The van der Waals surface area contributed by atoms with Crippen LogP contribution in [0, 0.1) is 0 Å². The molecule has 0 bridgehead atoms. The first-order chi connectivity index (χ1) is 10.7. The third-order valence-corrected chi connectivity index (χ3v) is 3.67. The van der Waals surface area contributed by atoms with Gasteiger partial charge < -0.3 is 5.11 Å². The van der Waals surface area contributed by atoms with E-state index < -0.39 is 6.10 Å². The molecule has 2 heterocycles. The van der Waals surface area contributed by atoms with Crippen molar-refractivity contribution in [3.05, 3.63) is 60.2 Å². The molecule has 2 aromatic heterocycles. The Morgan fingerprint density at radius 3 is 2.41 bits per heavy atom. The number of hydrogen-bond donors (Lipinski definition) is 1. The average Bonchev–Trinajstić information content (AvgIpc) is 3.19. The van der Waals surface area contributed by atoms with E-state index in [1.54, 1.807) is 22.0 Å². The Balaban J connectivity index is 1.79. The van der Waals surface area contributed by atoms with E-state index in [-0.39, 0.29) is 6.04 Å². The highest BCUT2D eigenvalue weighted by molar-refractivity contribution is 6.30. The minimum absolute atomic E-state index is 0.257. The van der Waals surface area contributed by atoms with Crippen LogP contribution in [-0.4, -0.2) is 40.7 Å². The molecule has 3 rings (SSSR count). The molecule has 1 aromatic carbocycles. The van der Waals surface area contributed by atoms with E-state index in [9.17, 15) is 5.11 Å². The van der Waals surface area contributed by atoms with E-state index in [2.05, 4.69) is 20.2 Å².